The molecule has 18 heavy (non-hydrogen) atoms. The first-order valence-electron chi connectivity index (χ1n) is 5.17. The van der Waals surface area contributed by atoms with Gasteiger partial charge in [-0.05, 0) is 23.6 Å². The lowest BCUT2D eigenvalue weighted by Gasteiger charge is -2.02. The number of nitro benzene ring substituents is 1. The second kappa shape index (κ2) is 4.67. The largest absolute Gasteiger partial charge is 0.478 e. The van der Waals surface area contributed by atoms with Crippen molar-refractivity contribution in [1.82, 2.24) is 0 Å². The lowest BCUT2D eigenvalue weighted by Crippen LogP contribution is -1.94. The fourth-order valence-electron chi connectivity index (χ4n) is 1.77. The first-order valence-corrected chi connectivity index (χ1v) is 5.17. The molecule has 0 spiro atoms. The minimum Gasteiger partial charge on any atom is -0.478 e. The van der Waals surface area contributed by atoms with Gasteiger partial charge in [0, 0.05) is 6.08 Å². The highest BCUT2D eigenvalue weighted by Crippen LogP contribution is 2.30. The van der Waals surface area contributed by atoms with Gasteiger partial charge in [-0.25, -0.2) is 4.79 Å². The van der Waals surface area contributed by atoms with Crippen LogP contribution < -0.4 is 0 Å². The second-order valence-corrected chi connectivity index (χ2v) is 3.65. The molecule has 0 heterocycles. The average Bonchev–Trinajstić information content (AvgIpc) is 2.35. The number of nitrogens with zero attached hydrogens (tertiary/aromatic N) is 1. The van der Waals surface area contributed by atoms with Crippen molar-refractivity contribution in [2.75, 3.05) is 0 Å². The Bertz CT molecular complexity index is 661. The van der Waals surface area contributed by atoms with Crippen LogP contribution in [0, 0.1) is 10.1 Å². The third-order valence-electron chi connectivity index (χ3n) is 2.52. The maximum atomic E-state index is 11.1. The highest BCUT2D eigenvalue weighted by atomic mass is 16.6. The topological polar surface area (TPSA) is 80.4 Å². The number of benzene rings is 2. The molecule has 0 bridgehead atoms. The number of fused-ring (bicyclic) bond motifs is 1. The lowest BCUT2D eigenvalue weighted by molar-refractivity contribution is -0.383. The van der Waals surface area contributed by atoms with Gasteiger partial charge >= 0.3 is 5.97 Å². The Morgan fingerprint density at radius 3 is 2.61 bits per heavy atom. The molecule has 0 fully saturated rings. The quantitative estimate of drug-likeness (QED) is 0.510. The number of hydrogen-bond donors (Lipinski definition) is 1. The molecule has 1 N–H and O–H groups in total. The number of carboxylic acid groups (broad SMARTS) is 1. The minimum atomic E-state index is -1.14. The van der Waals surface area contributed by atoms with Gasteiger partial charge in [0.25, 0.3) is 5.69 Å². The zero-order valence-electron chi connectivity index (χ0n) is 9.24. The summed E-state index contributed by atoms with van der Waals surface area (Å²) in [7, 11) is 0. The summed E-state index contributed by atoms with van der Waals surface area (Å²) in [5.74, 6) is -1.14. The summed E-state index contributed by atoms with van der Waals surface area (Å²) < 4.78 is 0. The van der Waals surface area contributed by atoms with Crippen molar-refractivity contribution in [3.8, 4) is 0 Å². The number of hydrogen-bond acceptors (Lipinski definition) is 3. The monoisotopic (exact) mass is 243 g/mol. The molecule has 0 aliphatic heterocycles. The van der Waals surface area contributed by atoms with Gasteiger partial charge in [-0.1, -0.05) is 24.3 Å². The highest BCUT2D eigenvalue weighted by Gasteiger charge is 2.16. The van der Waals surface area contributed by atoms with Gasteiger partial charge in [0.1, 0.15) is 0 Å². The van der Waals surface area contributed by atoms with Crippen LogP contribution in [0.25, 0.3) is 16.8 Å². The molecule has 0 amide bonds. The Kier molecular flexibility index (Phi) is 3.05. The number of carboxylic acids is 1. The molecule has 0 saturated carbocycles. The highest BCUT2D eigenvalue weighted by molar-refractivity contribution is 5.96. The van der Waals surface area contributed by atoms with Gasteiger partial charge in [-0.15, -0.1) is 0 Å². The molecule has 5 heteroatoms. The molecule has 2 aromatic rings. The fraction of sp³-hybridized carbons (Fsp3) is 0. The van der Waals surface area contributed by atoms with Crippen LogP contribution in [0.2, 0.25) is 0 Å². The van der Waals surface area contributed by atoms with Gasteiger partial charge in [-0.2, -0.15) is 0 Å². The number of carbonyl (C=O) groups is 1. The summed E-state index contributed by atoms with van der Waals surface area (Å²) in [5, 5.41) is 20.9. The van der Waals surface area contributed by atoms with E-state index in [-0.39, 0.29) is 11.3 Å². The molecule has 0 unspecified atom stereocenters. The molecule has 0 aliphatic carbocycles. The summed E-state index contributed by atoms with van der Waals surface area (Å²) in [6.45, 7) is 0. The standard InChI is InChI=1S/C13H9NO4/c15-12(16)8-7-10-6-5-9-3-1-2-4-11(9)13(10)14(17)18/h1-8H,(H,15,16)/b8-7+. The van der Waals surface area contributed by atoms with E-state index >= 15 is 0 Å². The summed E-state index contributed by atoms with van der Waals surface area (Å²) >= 11 is 0. The second-order valence-electron chi connectivity index (χ2n) is 3.65. The van der Waals surface area contributed by atoms with Crippen LogP contribution in [0.3, 0.4) is 0 Å². The first kappa shape index (κ1) is 11.8. The van der Waals surface area contributed by atoms with Gasteiger partial charge in [0.15, 0.2) is 0 Å². The Morgan fingerprint density at radius 2 is 1.94 bits per heavy atom. The van der Waals surface area contributed by atoms with Gasteiger partial charge in [-0.3, -0.25) is 10.1 Å². The van der Waals surface area contributed by atoms with E-state index < -0.39 is 10.9 Å². The van der Waals surface area contributed by atoms with Crippen LogP contribution in [0.4, 0.5) is 5.69 Å². The predicted octanol–water partition coefficient (Wildman–Crippen LogP) is 2.85. The summed E-state index contributed by atoms with van der Waals surface area (Å²) in [6, 6.07) is 10.2. The molecule has 5 nitrogen and oxygen atoms in total. The maximum absolute atomic E-state index is 11.1. The lowest BCUT2D eigenvalue weighted by atomic mass is 10.0. The van der Waals surface area contributed by atoms with Crippen molar-refractivity contribution in [3.63, 3.8) is 0 Å². The number of nitro groups is 1. The van der Waals surface area contributed by atoms with Crippen molar-refractivity contribution in [2.45, 2.75) is 0 Å². The number of aliphatic carboxylic acids is 1. The zero-order valence-corrected chi connectivity index (χ0v) is 9.24. The Morgan fingerprint density at radius 1 is 1.22 bits per heavy atom. The van der Waals surface area contributed by atoms with E-state index in [1.54, 1.807) is 36.4 Å². The molecule has 2 rings (SSSR count). The molecule has 90 valence electrons. The van der Waals surface area contributed by atoms with Crippen LogP contribution in [-0.4, -0.2) is 16.0 Å². The van der Waals surface area contributed by atoms with E-state index in [1.165, 1.54) is 6.08 Å². The average molecular weight is 243 g/mol. The molecule has 2 aromatic carbocycles. The van der Waals surface area contributed by atoms with Crippen molar-refractivity contribution >= 4 is 28.5 Å². The molecule has 0 aromatic heterocycles. The van der Waals surface area contributed by atoms with Gasteiger partial charge in [0.2, 0.25) is 0 Å². The minimum absolute atomic E-state index is 0.0781. The first-order chi connectivity index (χ1) is 8.59. The van der Waals surface area contributed by atoms with Crippen molar-refractivity contribution in [2.24, 2.45) is 0 Å². The Labute approximate surface area is 102 Å². The molecular weight excluding hydrogens is 234 g/mol. The Hall–Kier alpha value is -2.69. The van der Waals surface area contributed by atoms with E-state index in [9.17, 15) is 14.9 Å². The van der Waals surface area contributed by atoms with Crippen molar-refractivity contribution < 1.29 is 14.8 Å². The van der Waals surface area contributed by atoms with Crippen LogP contribution in [-0.2, 0) is 4.79 Å². The van der Waals surface area contributed by atoms with Crippen LogP contribution >= 0.6 is 0 Å². The van der Waals surface area contributed by atoms with Crippen LogP contribution in [0.5, 0.6) is 0 Å². The van der Waals surface area contributed by atoms with Crippen LogP contribution in [0.15, 0.2) is 42.5 Å². The summed E-state index contributed by atoms with van der Waals surface area (Å²) in [6.07, 6.45) is 2.12. The third kappa shape index (κ3) is 2.20. The predicted molar refractivity (Wildman–Crippen MR) is 67.3 cm³/mol. The zero-order chi connectivity index (χ0) is 13.1. The molecular formula is C13H9NO4. The van der Waals surface area contributed by atoms with E-state index in [1.807, 2.05) is 0 Å². The summed E-state index contributed by atoms with van der Waals surface area (Å²) in [4.78, 5) is 21.1. The maximum Gasteiger partial charge on any atom is 0.328 e. The van der Waals surface area contributed by atoms with E-state index in [0.717, 1.165) is 11.5 Å². The van der Waals surface area contributed by atoms with Crippen molar-refractivity contribution in [1.29, 1.82) is 0 Å². The van der Waals surface area contributed by atoms with E-state index in [2.05, 4.69) is 0 Å². The summed E-state index contributed by atoms with van der Waals surface area (Å²) in [5.41, 5.74) is 0.201. The third-order valence-corrected chi connectivity index (χ3v) is 2.52. The molecule has 0 radical (unpaired) electrons. The number of rotatable bonds is 3. The van der Waals surface area contributed by atoms with E-state index in [4.69, 9.17) is 5.11 Å². The molecule has 0 aliphatic rings. The van der Waals surface area contributed by atoms with Gasteiger partial charge < -0.3 is 5.11 Å². The smallest absolute Gasteiger partial charge is 0.328 e. The van der Waals surface area contributed by atoms with Crippen LogP contribution in [0.1, 0.15) is 5.56 Å². The Balaban J connectivity index is 2.70. The normalized spacial score (nSPS) is 10.9. The van der Waals surface area contributed by atoms with E-state index in [0.29, 0.717) is 5.39 Å². The molecule has 0 atom stereocenters. The molecule has 0 saturated heterocycles. The fourth-order valence-corrected chi connectivity index (χ4v) is 1.77. The van der Waals surface area contributed by atoms with Crippen molar-refractivity contribution in [3.05, 3.63) is 58.2 Å². The SMILES string of the molecule is O=C(O)/C=C/c1ccc2ccccc2c1[N+](=O)[O-]. The van der Waals surface area contributed by atoms with Gasteiger partial charge in [0.05, 0.1) is 15.9 Å².